The molecule has 0 aliphatic rings. The van der Waals surface area contributed by atoms with E-state index in [2.05, 4.69) is 17.4 Å². The molecule has 0 fully saturated rings. The molecule has 0 atom stereocenters. The normalized spacial score (nSPS) is 11.2. The van der Waals surface area contributed by atoms with Crippen molar-refractivity contribution in [3.8, 4) is 0 Å². The SMILES string of the molecule is CCCN(CCC)C(=O)C(C)(C)C(=O)NCCCc1ccccc1. The predicted molar refractivity (Wildman–Crippen MR) is 98.7 cm³/mol. The van der Waals surface area contributed by atoms with Gasteiger partial charge in [-0.15, -0.1) is 0 Å². The van der Waals surface area contributed by atoms with Gasteiger partial charge in [-0.05, 0) is 45.1 Å². The maximum atomic E-state index is 12.7. The van der Waals surface area contributed by atoms with E-state index in [0.717, 1.165) is 25.7 Å². The Bertz CT molecular complexity index is 506. The van der Waals surface area contributed by atoms with E-state index in [4.69, 9.17) is 0 Å². The van der Waals surface area contributed by atoms with Crippen molar-refractivity contribution in [3.63, 3.8) is 0 Å². The van der Waals surface area contributed by atoms with Crippen LogP contribution in [0.2, 0.25) is 0 Å². The van der Waals surface area contributed by atoms with Crippen molar-refractivity contribution < 1.29 is 9.59 Å². The molecule has 2 amide bonds. The summed E-state index contributed by atoms with van der Waals surface area (Å²) in [5.74, 6) is -0.260. The molecule has 0 saturated carbocycles. The Balaban J connectivity index is 2.49. The molecule has 4 nitrogen and oxygen atoms in total. The Morgan fingerprint density at radius 3 is 2.17 bits per heavy atom. The number of nitrogens with one attached hydrogen (secondary N) is 1. The third kappa shape index (κ3) is 5.99. The lowest BCUT2D eigenvalue weighted by atomic mass is 9.90. The van der Waals surface area contributed by atoms with E-state index in [9.17, 15) is 9.59 Å². The second-order valence-electron chi connectivity index (χ2n) is 6.76. The highest BCUT2D eigenvalue weighted by Gasteiger charge is 2.38. The number of hydrogen-bond acceptors (Lipinski definition) is 2. The summed E-state index contributed by atoms with van der Waals surface area (Å²) < 4.78 is 0. The van der Waals surface area contributed by atoms with Gasteiger partial charge in [-0.3, -0.25) is 9.59 Å². The van der Waals surface area contributed by atoms with E-state index < -0.39 is 5.41 Å². The number of amides is 2. The molecule has 1 aromatic rings. The zero-order valence-corrected chi connectivity index (χ0v) is 15.6. The van der Waals surface area contributed by atoms with Gasteiger partial charge in [0.15, 0.2) is 0 Å². The Morgan fingerprint density at radius 2 is 1.62 bits per heavy atom. The molecule has 1 rings (SSSR count). The van der Waals surface area contributed by atoms with Gasteiger partial charge in [0, 0.05) is 19.6 Å². The molecule has 134 valence electrons. The van der Waals surface area contributed by atoms with Crippen LogP contribution in [0.25, 0.3) is 0 Å². The molecule has 0 aliphatic carbocycles. The first-order valence-electron chi connectivity index (χ1n) is 9.05. The summed E-state index contributed by atoms with van der Waals surface area (Å²) in [5.41, 5.74) is 0.246. The highest BCUT2D eigenvalue weighted by atomic mass is 16.2. The monoisotopic (exact) mass is 332 g/mol. The van der Waals surface area contributed by atoms with Crippen LogP contribution in [0, 0.1) is 5.41 Å². The van der Waals surface area contributed by atoms with Crippen LogP contribution >= 0.6 is 0 Å². The second kappa shape index (κ2) is 10.1. The summed E-state index contributed by atoms with van der Waals surface area (Å²) in [5, 5.41) is 2.93. The largest absolute Gasteiger partial charge is 0.355 e. The standard InChI is InChI=1S/C20H32N2O2/c1-5-15-22(16-6-2)19(24)20(3,4)18(23)21-14-10-13-17-11-8-7-9-12-17/h7-9,11-12H,5-6,10,13-16H2,1-4H3,(H,21,23). The first kappa shape index (κ1) is 20.2. The van der Waals surface area contributed by atoms with E-state index in [1.807, 2.05) is 36.9 Å². The van der Waals surface area contributed by atoms with E-state index in [-0.39, 0.29) is 11.8 Å². The molecule has 0 bridgehead atoms. The Hall–Kier alpha value is -1.84. The van der Waals surface area contributed by atoms with Crippen LogP contribution in [0.4, 0.5) is 0 Å². The number of hydrogen-bond donors (Lipinski definition) is 1. The Morgan fingerprint density at radius 1 is 1.04 bits per heavy atom. The van der Waals surface area contributed by atoms with Crippen molar-refractivity contribution >= 4 is 11.8 Å². The molecule has 4 heteroatoms. The fraction of sp³-hybridized carbons (Fsp3) is 0.600. The number of carbonyl (C=O) groups is 2. The topological polar surface area (TPSA) is 49.4 Å². The van der Waals surface area contributed by atoms with E-state index in [1.165, 1.54) is 5.56 Å². The van der Waals surface area contributed by atoms with Crippen molar-refractivity contribution in [2.75, 3.05) is 19.6 Å². The fourth-order valence-electron chi connectivity index (χ4n) is 2.71. The van der Waals surface area contributed by atoms with Gasteiger partial charge < -0.3 is 10.2 Å². The van der Waals surface area contributed by atoms with Crippen LogP contribution in [-0.2, 0) is 16.0 Å². The number of benzene rings is 1. The Kier molecular flexibility index (Phi) is 8.51. The molecule has 1 N–H and O–H groups in total. The zero-order valence-electron chi connectivity index (χ0n) is 15.6. The third-order valence-corrected chi connectivity index (χ3v) is 4.15. The van der Waals surface area contributed by atoms with Gasteiger partial charge >= 0.3 is 0 Å². The number of nitrogens with zero attached hydrogens (tertiary/aromatic N) is 1. The number of rotatable bonds is 10. The van der Waals surface area contributed by atoms with Gasteiger partial charge in [-0.25, -0.2) is 0 Å². The Labute approximate surface area is 146 Å². The van der Waals surface area contributed by atoms with Gasteiger partial charge in [-0.1, -0.05) is 44.2 Å². The summed E-state index contributed by atoms with van der Waals surface area (Å²) in [7, 11) is 0. The first-order chi connectivity index (χ1) is 11.4. The van der Waals surface area contributed by atoms with E-state index in [1.54, 1.807) is 13.8 Å². The number of carbonyl (C=O) groups excluding carboxylic acids is 2. The average molecular weight is 332 g/mol. The summed E-state index contributed by atoms with van der Waals surface area (Å²) in [6.45, 7) is 9.54. The van der Waals surface area contributed by atoms with Crippen molar-refractivity contribution in [1.29, 1.82) is 0 Å². The maximum Gasteiger partial charge on any atom is 0.237 e. The van der Waals surface area contributed by atoms with Crippen LogP contribution in [0.3, 0.4) is 0 Å². The van der Waals surface area contributed by atoms with Gasteiger partial charge in [0.1, 0.15) is 5.41 Å². The maximum absolute atomic E-state index is 12.7. The summed E-state index contributed by atoms with van der Waals surface area (Å²) >= 11 is 0. The van der Waals surface area contributed by atoms with E-state index in [0.29, 0.717) is 19.6 Å². The summed E-state index contributed by atoms with van der Waals surface area (Å²) in [6, 6.07) is 10.2. The third-order valence-electron chi connectivity index (χ3n) is 4.15. The summed E-state index contributed by atoms with van der Waals surface area (Å²) in [4.78, 5) is 27.0. The molecule has 0 unspecified atom stereocenters. The minimum Gasteiger partial charge on any atom is -0.355 e. The van der Waals surface area contributed by atoms with Crippen LogP contribution in [-0.4, -0.2) is 36.3 Å². The molecule has 0 saturated heterocycles. The predicted octanol–water partition coefficient (Wildman–Crippen LogP) is 3.41. The van der Waals surface area contributed by atoms with Gasteiger partial charge in [-0.2, -0.15) is 0 Å². The molecule has 24 heavy (non-hydrogen) atoms. The van der Waals surface area contributed by atoms with Crippen LogP contribution < -0.4 is 5.32 Å². The van der Waals surface area contributed by atoms with Crippen LogP contribution in [0.1, 0.15) is 52.5 Å². The lowest BCUT2D eigenvalue weighted by Crippen LogP contribution is -2.50. The lowest BCUT2D eigenvalue weighted by Gasteiger charge is -2.30. The minimum atomic E-state index is -1.02. The minimum absolute atomic E-state index is 0.0771. The molecule has 0 aliphatic heterocycles. The molecule has 0 heterocycles. The lowest BCUT2D eigenvalue weighted by molar-refractivity contribution is -0.148. The quantitative estimate of drug-likeness (QED) is 0.527. The van der Waals surface area contributed by atoms with Crippen molar-refractivity contribution in [2.24, 2.45) is 5.41 Å². The van der Waals surface area contributed by atoms with Crippen molar-refractivity contribution in [1.82, 2.24) is 10.2 Å². The van der Waals surface area contributed by atoms with Crippen molar-refractivity contribution in [2.45, 2.75) is 53.4 Å². The van der Waals surface area contributed by atoms with Crippen LogP contribution in [0.5, 0.6) is 0 Å². The van der Waals surface area contributed by atoms with Gasteiger partial charge in [0.2, 0.25) is 11.8 Å². The highest BCUT2D eigenvalue weighted by molar-refractivity contribution is 6.04. The molecule has 0 spiro atoms. The van der Waals surface area contributed by atoms with Gasteiger partial charge in [0.25, 0.3) is 0 Å². The second-order valence-corrected chi connectivity index (χ2v) is 6.76. The average Bonchev–Trinajstić information content (AvgIpc) is 2.58. The molecule has 0 radical (unpaired) electrons. The fourth-order valence-corrected chi connectivity index (χ4v) is 2.71. The first-order valence-corrected chi connectivity index (χ1v) is 9.05. The van der Waals surface area contributed by atoms with Gasteiger partial charge in [0.05, 0.1) is 0 Å². The summed E-state index contributed by atoms with van der Waals surface area (Å²) in [6.07, 6.45) is 3.60. The zero-order chi connectivity index (χ0) is 18.0. The number of aryl methyl sites for hydroxylation is 1. The molecule has 0 aromatic heterocycles. The highest BCUT2D eigenvalue weighted by Crippen LogP contribution is 2.20. The molecular formula is C20H32N2O2. The smallest absolute Gasteiger partial charge is 0.237 e. The van der Waals surface area contributed by atoms with E-state index >= 15 is 0 Å². The van der Waals surface area contributed by atoms with Crippen LogP contribution in [0.15, 0.2) is 30.3 Å². The van der Waals surface area contributed by atoms with Crippen molar-refractivity contribution in [3.05, 3.63) is 35.9 Å². The molecule has 1 aromatic carbocycles. The molecular weight excluding hydrogens is 300 g/mol.